The molecule has 0 unspecified atom stereocenters. The van der Waals surface area contributed by atoms with E-state index in [0.717, 1.165) is 0 Å². The molecule has 0 fully saturated rings. The van der Waals surface area contributed by atoms with Gasteiger partial charge in [0.1, 0.15) is 11.3 Å². The first-order chi connectivity index (χ1) is 7.75. The van der Waals surface area contributed by atoms with Crippen molar-refractivity contribution in [3.63, 3.8) is 0 Å². The van der Waals surface area contributed by atoms with Crippen molar-refractivity contribution in [3.8, 4) is 5.75 Å². The van der Waals surface area contributed by atoms with E-state index >= 15 is 0 Å². The summed E-state index contributed by atoms with van der Waals surface area (Å²) in [6, 6.07) is 6.22. The molecule has 0 aliphatic carbocycles. The minimum Gasteiger partial charge on any atom is -0.492 e. The number of fused-ring (bicyclic) bond motifs is 3. The number of hydrogen-bond donors (Lipinski definition) is 0. The Bertz CT molecular complexity index is 639. The Hall–Kier alpha value is -2.10. The molecule has 0 bridgehead atoms. The van der Waals surface area contributed by atoms with E-state index in [1.54, 1.807) is 18.2 Å². The van der Waals surface area contributed by atoms with E-state index in [2.05, 4.69) is 0 Å². The molecule has 3 rings (SSSR count). The minimum absolute atomic E-state index is 0.0642. The Kier molecular flexibility index (Phi) is 1.83. The first-order valence-corrected chi connectivity index (χ1v) is 4.98. The zero-order chi connectivity index (χ0) is 11.1. The van der Waals surface area contributed by atoms with Gasteiger partial charge >= 0.3 is 5.63 Å². The van der Waals surface area contributed by atoms with Gasteiger partial charge in [-0.25, -0.2) is 4.79 Å². The van der Waals surface area contributed by atoms with Crippen LogP contribution in [-0.4, -0.2) is 12.4 Å². The second-order valence-electron chi connectivity index (χ2n) is 3.63. The third kappa shape index (κ3) is 1.23. The summed E-state index contributed by atoms with van der Waals surface area (Å²) >= 11 is 0. The molecule has 1 aliphatic heterocycles. The predicted molar refractivity (Wildman–Crippen MR) is 56.9 cm³/mol. The minimum atomic E-state index is -0.408. The standard InChI is InChI=1S/C12H8O4/c13-9-5-6-15-12-7(9)1-3-10-8(12)2-4-11(14)16-10/h1-4H,5-6H2. The molecule has 0 radical (unpaired) electrons. The predicted octanol–water partition coefficient (Wildman–Crippen LogP) is 1.76. The highest BCUT2D eigenvalue weighted by Crippen LogP contribution is 2.32. The van der Waals surface area contributed by atoms with Gasteiger partial charge in [0.25, 0.3) is 0 Å². The number of hydrogen-bond acceptors (Lipinski definition) is 4. The summed E-state index contributed by atoms with van der Waals surface area (Å²) in [7, 11) is 0. The van der Waals surface area contributed by atoms with Crippen molar-refractivity contribution in [1.29, 1.82) is 0 Å². The van der Waals surface area contributed by atoms with Gasteiger partial charge in [-0.3, -0.25) is 4.79 Å². The van der Waals surface area contributed by atoms with Crippen LogP contribution in [0.5, 0.6) is 5.75 Å². The monoisotopic (exact) mass is 216 g/mol. The van der Waals surface area contributed by atoms with E-state index in [-0.39, 0.29) is 5.78 Å². The highest BCUT2D eigenvalue weighted by molar-refractivity contribution is 6.04. The summed E-state index contributed by atoms with van der Waals surface area (Å²) in [6.45, 7) is 0.379. The lowest BCUT2D eigenvalue weighted by Gasteiger charge is -2.17. The van der Waals surface area contributed by atoms with Gasteiger partial charge in [0.05, 0.1) is 17.6 Å². The second-order valence-corrected chi connectivity index (χ2v) is 3.63. The molecule has 0 N–H and O–H groups in total. The molecule has 0 atom stereocenters. The highest BCUT2D eigenvalue weighted by atomic mass is 16.5. The first kappa shape index (κ1) is 9.15. The fourth-order valence-electron chi connectivity index (χ4n) is 1.88. The molecule has 0 saturated carbocycles. The van der Waals surface area contributed by atoms with Crippen LogP contribution in [0.4, 0.5) is 0 Å². The van der Waals surface area contributed by atoms with Gasteiger partial charge in [-0.05, 0) is 18.2 Å². The molecular weight excluding hydrogens is 208 g/mol. The Balaban J connectivity index is 2.39. The van der Waals surface area contributed by atoms with Crippen LogP contribution in [0.15, 0.2) is 33.5 Å². The van der Waals surface area contributed by atoms with Crippen LogP contribution in [-0.2, 0) is 0 Å². The van der Waals surface area contributed by atoms with Crippen molar-refractivity contribution < 1.29 is 13.9 Å². The number of ketones is 1. The number of Topliss-reactive ketones (excluding diaryl/α,β-unsaturated/α-hetero) is 1. The van der Waals surface area contributed by atoms with E-state index < -0.39 is 5.63 Å². The molecule has 2 aromatic rings. The van der Waals surface area contributed by atoms with Gasteiger partial charge in [0.15, 0.2) is 5.78 Å². The molecule has 0 amide bonds. The summed E-state index contributed by atoms with van der Waals surface area (Å²) in [6.07, 6.45) is 0.398. The van der Waals surface area contributed by atoms with E-state index in [0.29, 0.717) is 35.3 Å². The maximum Gasteiger partial charge on any atom is 0.336 e. The van der Waals surface area contributed by atoms with Crippen molar-refractivity contribution in [2.24, 2.45) is 0 Å². The summed E-state index contributed by atoms with van der Waals surface area (Å²) < 4.78 is 10.5. The largest absolute Gasteiger partial charge is 0.492 e. The third-order valence-electron chi connectivity index (χ3n) is 2.63. The normalized spacial score (nSPS) is 14.6. The molecule has 4 heteroatoms. The lowest BCUT2D eigenvalue weighted by atomic mass is 10.0. The quantitative estimate of drug-likeness (QED) is 0.629. The zero-order valence-electron chi connectivity index (χ0n) is 8.36. The van der Waals surface area contributed by atoms with Crippen molar-refractivity contribution in [1.82, 2.24) is 0 Å². The molecule has 4 nitrogen and oxygen atoms in total. The molecule has 80 valence electrons. The van der Waals surface area contributed by atoms with Crippen molar-refractivity contribution >= 4 is 16.8 Å². The molecular formula is C12H8O4. The van der Waals surface area contributed by atoms with Crippen LogP contribution < -0.4 is 10.4 Å². The molecule has 0 saturated heterocycles. The zero-order valence-corrected chi connectivity index (χ0v) is 8.36. The highest BCUT2D eigenvalue weighted by Gasteiger charge is 2.21. The Morgan fingerprint density at radius 3 is 2.81 bits per heavy atom. The van der Waals surface area contributed by atoms with Gasteiger partial charge in [0, 0.05) is 12.5 Å². The molecule has 1 aliphatic rings. The third-order valence-corrected chi connectivity index (χ3v) is 2.63. The van der Waals surface area contributed by atoms with Crippen LogP contribution >= 0.6 is 0 Å². The Morgan fingerprint density at radius 2 is 1.94 bits per heavy atom. The van der Waals surface area contributed by atoms with E-state index in [9.17, 15) is 9.59 Å². The Morgan fingerprint density at radius 1 is 1.06 bits per heavy atom. The van der Waals surface area contributed by atoms with E-state index in [1.807, 2.05) is 0 Å². The topological polar surface area (TPSA) is 56.5 Å². The van der Waals surface area contributed by atoms with Gasteiger partial charge in [-0.15, -0.1) is 0 Å². The summed E-state index contributed by atoms with van der Waals surface area (Å²) in [5.41, 5.74) is 0.600. The fraction of sp³-hybridized carbons (Fsp3) is 0.167. The van der Waals surface area contributed by atoms with E-state index in [1.165, 1.54) is 6.07 Å². The van der Waals surface area contributed by atoms with Crippen molar-refractivity contribution in [3.05, 3.63) is 40.2 Å². The van der Waals surface area contributed by atoms with Crippen LogP contribution in [0, 0.1) is 0 Å². The number of benzene rings is 1. The maximum atomic E-state index is 11.6. The molecule has 16 heavy (non-hydrogen) atoms. The summed E-state index contributed by atoms with van der Waals surface area (Å²) in [5, 5.41) is 0.671. The van der Waals surface area contributed by atoms with E-state index in [4.69, 9.17) is 9.15 Å². The van der Waals surface area contributed by atoms with Gasteiger partial charge < -0.3 is 9.15 Å². The summed E-state index contributed by atoms with van der Waals surface area (Å²) in [5.74, 6) is 0.590. The molecule has 0 spiro atoms. The first-order valence-electron chi connectivity index (χ1n) is 4.98. The van der Waals surface area contributed by atoms with Gasteiger partial charge in [-0.1, -0.05) is 0 Å². The van der Waals surface area contributed by atoms with Crippen LogP contribution in [0.2, 0.25) is 0 Å². The molecule has 1 aromatic heterocycles. The smallest absolute Gasteiger partial charge is 0.336 e. The number of carbonyl (C=O) groups is 1. The number of carbonyl (C=O) groups excluding carboxylic acids is 1. The van der Waals surface area contributed by atoms with Crippen molar-refractivity contribution in [2.45, 2.75) is 6.42 Å². The molecule has 2 heterocycles. The SMILES string of the molecule is O=C1CCOc2c1ccc1oc(=O)ccc21. The van der Waals surface area contributed by atoms with Crippen LogP contribution in [0.1, 0.15) is 16.8 Å². The summed E-state index contributed by atoms with van der Waals surface area (Å²) in [4.78, 5) is 22.7. The second kappa shape index (κ2) is 3.20. The lowest BCUT2D eigenvalue weighted by molar-refractivity contribution is 0.0935. The number of ether oxygens (including phenoxy) is 1. The maximum absolute atomic E-state index is 11.6. The Labute approximate surface area is 90.4 Å². The lowest BCUT2D eigenvalue weighted by Crippen LogP contribution is -2.15. The van der Waals surface area contributed by atoms with Crippen molar-refractivity contribution in [2.75, 3.05) is 6.61 Å². The van der Waals surface area contributed by atoms with Crippen LogP contribution in [0.3, 0.4) is 0 Å². The van der Waals surface area contributed by atoms with Crippen LogP contribution in [0.25, 0.3) is 11.0 Å². The number of rotatable bonds is 0. The fourth-order valence-corrected chi connectivity index (χ4v) is 1.88. The average molecular weight is 216 g/mol. The average Bonchev–Trinajstić information content (AvgIpc) is 2.28. The van der Waals surface area contributed by atoms with Gasteiger partial charge in [0.2, 0.25) is 0 Å². The van der Waals surface area contributed by atoms with Gasteiger partial charge in [-0.2, -0.15) is 0 Å². The molecule has 1 aromatic carbocycles.